The fraction of sp³-hybridized carbons (Fsp3) is 0.412. The average Bonchev–Trinajstić information content (AvgIpc) is 2.98. The number of hydrogen-bond donors (Lipinski definition) is 1. The molecule has 3 fully saturated rings. The van der Waals surface area contributed by atoms with E-state index < -0.39 is 0 Å². The molecule has 2 bridgehead atoms. The molecule has 3 saturated heterocycles. The Bertz CT molecular complexity index is 701. The number of thioether (sulfide) groups is 1. The fourth-order valence-corrected chi connectivity index (χ4v) is 4.01. The van der Waals surface area contributed by atoms with Crippen LogP contribution >= 0.6 is 11.8 Å². The Hall–Kier alpha value is -1.79. The van der Waals surface area contributed by atoms with E-state index >= 15 is 0 Å². The number of nitrogens with one attached hydrogen (secondary N) is 1. The van der Waals surface area contributed by atoms with Crippen LogP contribution in [0.4, 0.5) is 0 Å². The van der Waals surface area contributed by atoms with Gasteiger partial charge in [0.25, 0.3) is 5.22 Å². The zero-order chi connectivity index (χ0) is 15.6. The molecule has 3 aliphatic rings. The van der Waals surface area contributed by atoms with Gasteiger partial charge < -0.3 is 14.6 Å². The van der Waals surface area contributed by atoms with Crippen molar-refractivity contribution in [2.45, 2.75) is 24.1 Å². The first-order valence-corrected chi connectivity index (χ1v) is 8.87. The number of rotatable bonds is 4. The molecule has 23 heavy (non-hydrogen) atoms. The minimum absolute atomic E-state index is 0.0349. The number of oxazole rings is 1. The lowest BCUT2D eigenvalue weighted by atomic mass is 9.84. The quantitative estimate of drug-likeness (QED) is 0.690. The monoisotopic (exact) mass is 329 g/mol. The second-order valence-corrected chi connectivity index (χ2v) is 6.98. The Kier molecular flexibility index (Phi) is 4.10. The van der Waals surface area contributed by atoms with Crippen LogP contribution in [-0.4, -0.2) is 41.5 Å². The molecule has 0 aliphatic carbocycles. The predicted molar refractivity (Wildman–Crippen MR) is 90.1 cm³/mol. The molecular weight excluding hydrogens is 310 g/mol. The van der Waals surface area contributed by atoms with E-state index in [1.165, 1.54) is 37.7 Å². The van der Waals surface area contributed by atoms with Crippen LogP contribution in [0.25, 0.3) is 11.1 Å². The van der Waals surface area contributed by atoms with Gasteiger partial charge in [0, 0.05) is 18.7 Å². The van der Waals surface area contributed by atoms with Crippen LogP contribution in [0.15, 0.2) is 45.4 Å². The standard InChI is InChI=1S/C17H19N3O2S/c21-16(18-14-11-20-8-5-12(14)6-9-20)7-10-23-17-19-13-3-1-2-4-15(13)22-17/h1-4,7,10,12,14H,5-6,8-9,11H2,(H,18,21)/b10-7-/t14-/m0/s1. The van der Waals surface area contributed by atoms with E-state index in [4.69, 9.17) is 4.42 Å². The highest BCUT2D eigenvalue weighted by Gasteiger charge is 2.34. The molecule has 1 aromatic heterocycles. The van der Waals surface area contributed by atoms with Crippen molar-refractivity contribution in [3.63, 3.8) is 0 Å². The van der Waals surface area contributed by atoms with Crippen molar-refractivity contribution in [1.82, 2.24) is 15.2 Å². The third-order valence-electron chi connectivity index (χ3n) is 4.65. The predicted octanol–water partition coefficient (Wildman–Crippen LogP) is 2.64. The highest BCUT2D eigenvalue weighted by Crippen LogP contribution is 2.27. The summed E-state index contributed by atoms with van der Waals surface area (Å²) in [4.78, 5) is 18.9. The molecule has 3 aliphatic heterocycles. The number of amides is 1. The van der Waals surface area contributed by atoms with Gasteiger partial charge in [0.1, 0.15) is 5.52 Å². The van der Waals surface area contributed by atoms with Crippen molar-refractivity contribution < 1.29 is 9.21 Å². The van der Waals surface area contributed by atoms with Crippen molar-refractivity contribution in [3.8, 4) is 0 Å². The highest BCUT2D eigenvalue weighted by atomic mass is 32.2. The molecule has 1 amide bonds. The zero-order valence-corrected chi connectivity index (χ0v) is 13.6. The van der Waals surface area contributed by atoms with Crippen LogP contribution in [0, 0.1) is 5.92 Å². The first-order valence-electron chi connectivity index (χ1n) is 7.99. The lowest BCUT2D eigenvalue weighted by Crippen LogP contribution is -2.57. The zero-order valence-electron chi connectivity index (χ0n) is 12.8. The smallest absolute Gasteiger partial charge is 0.261 e. The first kappa shape index (κ1) is 14.8. The summed E-state index contributed by atoms with van der Waals surface area (Å²) in [6.45, 7) is 3.35. The van der Waals surface area contributed by atoms with Gasteiger partial charge in [-0.05, 0) is 61.2 Å². The maximum absolute atomic E-state index is 12.1. The van der Waals surface area contributed by atoms with E-state index in [1.54, 1.807) is 11.5 Å². The molecular formula is C17H19N3O2S. The Labute approximate surface area is 139 Å². The lowest BCUT2D eigenvalue weighted by Gasteiger charge is -2.44. The summed E-state index contributed by atoms with van der Waals surface area (Å²) in [7, 11) is 0. The molecule has 0 spiro atoms. The van der Waals surface area contributed by atoms with Crippen molar-refractivity contribution in [3.05, 3.63) is 35.7 Å². The largest absolute Gasteiger partial charge is 0.431 e. The molecule has 0 saturated carbocycles. The molecule has 0 unspecified atom stereocenters. The minimum Gasteiger partial charge on any atom is -0.431 e. The highest BCUT2D eigenvalue weighted by molar-refractivity contribution is 8.01. The van der Waals surface area contributed by atoms with Crippen LogP contribution in [-0.2, 0) is 4.79 Å². The Morgan fingerprint density at radius 2 is 2.17 bits per heavy atom. The maximum Gasteiger partial charge on any atom is 0.261 e. The van der Waals surface area contributed by atoms with Crippen LogP contribution in [0.3, 0.4) is 0 Å². The second kappa shape index (κ2) is 6.37. The molecule has 2 aromatic rings. The third-order valence-corrected chi connectivity index (χ3v) is 5.29. The summed E-state index contributed by atoms with van der Waals surface area (Å²) in [6.07, 6.45) is 3.97. The molecule has 1 N–H and O–H groups in total. The number of carbonyl (C=O) groups is 1. The van der Waals surface area contributed by atoms with E-state index in [1.807, 2.05) is 24.3 Å². The summed E-state index contributed by atoms with van der Waals surface area (Å²) in [6, 6.07) is 7.93. The molecule has 0 radical (unpaired) electrons. The Morgan fingerprint density at radius 3 is 2.91 bits per heavy atom. The van der Waals surface area contributed by atoms with E-state index in [9.17, 15) is 4.79 Å². The normalized spacial score (nSPS) is 26.9. The van der Waals surface area contributed by atoms with Gasteiger partial charge in [0.05, 0.1) is 0 Å². The lowest BCUT2D eigenvalue weighted by molar-refractivity contribution is -0.118. The van der Waals surface area contributed by atoms with E-state index in [0.29, 0.717) is 17.2 Å². The number of nitrogens with zero attached hydrogens (tertiary/aromatic N) is 2. The van der Waals surface area contributed by atoms with Gasteiger partial charge in [-0.1, -0.05) is 12.1 Å². The van der Waals surface area contributed by atoms with Gasteiger partial charge in [0.2, 0.25) is 5.91 Å². The molecule has 4 heterocycles. The van der Waals surface area contributed by atoms with Gasteiger partial charge in [-0.3, -0.25) is 4.79 Å². The summed E-state index contributed by atoms with van der Waals surface area (Å²) in [5.41, 5.74) is 1.60. The van der Waals surface area contributed by atoms with Crippen molar-refractivity contribution in [2.75, 3.05) is 19.6 Å². The molecule has 6 heteroatoms. The Morgan fingerprint density at radius 1 is 1.35 bits per heavy atom. The van der Waals surface area contributed by atoms with Crippen molar-refractivity contribution >= 4 is 28.8 Å². The van der Waals surface area contributed by atoms with E-state index in [-0.39, 0.29) is 5.91 Å². The summed E-state index contributed by atoms with van der Waals surface area (Å²) < 4.78 is 5.60. The third kappa shape index (κ3) is 3.28. The molecule has 5 nitrogen and oxygen atoms in total. The summed E-state index contributed by atoms with van der Waals surface area (Å²) in [5.74, 6) is 0.606. The number of hydrogen-bond acceptors (Lipinski definition) is 5. The second-order valence-electron chi connectivity index (χ2n) is 6.12. The number of fused-ring (bicyclic) bond motifs is 4. The van der Waals surface area contributed by atoms with E-state index in [2.05, 4.69) is 15.2 Å². The van der Waals surface area contributed by atoms with Crippen LogP contribution < -0.4 is 5.32 Å². The first-order chi connectivity index (χ1) is 11.3. The van der Waals surface area contributed by atoms with Gasteiger partial charge in [-0.2, -0.15) is 0 Å². The van der Waals surface area contributed by atoms with Crippen LogP contribution in [0.1, 0.15) is 12.8 Å². The van der Waals surface area contributed by atoms with Gasteiger partial charge >= 0.3 is 0 Å². The number of benzene rings is 1. The van der Waals surface area contributed by atoms with Crippen molar-refractivity contribution in [1.29, 1.82) is 0 Å². The topological polar surface area (TPSA) is 58.4 Å². The molecule has 120 valence electrons. The molecule has 1 aromatic carbocycles. The van der Waals surface area contributed by atoms with Crippen LogP contribution in [0.2, 0.25) is 0 Å². The maximum atomic E-state index is 12.1. The average molecular weight is 329 g/mol. The minimum atomic E-state index is -0.0349. The van der Waals surface area contributed by atoms with Crippen LogP contribution in [0.5, 0.6) is 0 Å². The van der Waals surface area contributed by atoms with Crippen molar-refractivity contribution in [2.24, 2.45) is 5.92 Å². The SMILES string of the molecule is O=C(/C=C\Sc1nc2ccccc2o1)N[C@H]1CN2CCC1CC2. The Balaban J connectivity index is 1.32. The summed E-state index contributed by atoms with van der Waals surface area (Å²) in [5, 5.41) is 5.42. The number of para-hydroxylation sites is 2. The number of carbonyl (C=O) groups excluding carboxylic acids is 1. The van der Waals surface area contributed by atoms with Gasteiger partial charge in [0.15, 0.2) is 5.58 Å². The van der Waals surface area contributed by atoms with Gasteiger partial charge in [-0.15, -0.1) is 0 Å². The fourth-order valence-electron chi connectivity index (χ4n) is 3.41. The van der Waals surface area contributed by atoms with Gasteiger partial charge in [-0.25, -0.2) is 4.98 Å². The number of aromatic nitrogens is 1. The molecule has 5 rings (SSSR count). The molecule has 1 atom stereocenters. The van der Waals surface area contributed by atoms with E-state index in [0.717, 1.165) is 17.6 Å². The number of piperidine rings is 3. The summed E-state index contributed by atoms with van der Waals surface area (Å²) >= 11 is 1.32.